The lowest BCUT2D eigenvalue weighted by Gasteiger charge is -2.28. The molecule has 1 fully saturated rings. The number of nitrogens with one attached hydrogen (secondary N) is 2. The molecule has 0 aliphatic carbocycles. The topological polar surface area (TPSA) is 91.0 Å². The van der Waals surface area contributed by atoms with Crippen LogP contribution in [-0.4, -0.2) is 53.5 Å². The van der Waals surface area contributed by atoms with E-state index in [2.05, 4.69) is 10.7 Å². The third kappa shape index (κ3) is 4.39. The first-order chi connectivity index (χ1) is 12.8. The minimum atomic E-state index is -0.983. The quantitative estimate of drug-likeness (QED) is 0.676. The number of rotatable bonds is 8. The number of benzene rings is 1. The molecule has 0 saturated carbocycles. The lowest BCUT2D eigenvalue weighted by atomic mass is 10.00. The summed E-state index contributed by atoms with van der Waals surface area (Å²) in [6.45, 7) is 8.06. The molecule has 8 nitrogen and oxygen atoms in total. The van der Waals surface area contributed by atoms with Crippen molar-refractivity contribution in [3.05, 3.63) is 29.8 Å². The van der Waals surface area contributed by atoms with Gasteiger partial charge in [0.05, 0.1) is 13.7 Å². The highest BCUT2D eigenvalue weighted by atomic mass is 16.5. The first-order valence-corrected chi connectivity index (χ1v) is 9.09. The summed E-state index contributed by atoms with van der Waals surface area (Å²) in [5.41, 5.74) is 2.46. The van der Waals surface area contributed by atoms with Crippen LogP contribution in [0.2, 0.25) is 0 Å². The van der Waals surface area contributed by atoms with Crippen LogP contribution in [0.4, 0.5) is 4.79 Å². The number of hydrogen-bond acceptors (Lipinski definition) is 5. The predicted molar refractivity (Wildman–Crippen MR) is 101 cm³/mol. The summed E-state index contributed by atoms with van der Waals surface area (Å²) in [4.78, 5) is 38.8. The van der Waals surface area contributed by atoms with Crippen LogP contribution < -0.4 is 15.5 Å². The fourth-order valence-corrected chi connectivity index (χ4v) is 3.00. The van der Waals surface area contributed by atoms with E-state index in [0.717, 1.165) is 16.3 Å². The summed E-state index contributed by atoms with van der Waals surface area (Å²) in [5.74, 6) is -0.124. The summed E-state index contributed by atoms with van der Waals surface area (Å²) in [5, 5.41) is 3.38. The van der Waals surface area contributed by atoms with E-state index in [1.807, 2.05) is 43.0 Å². The Labute approximate surface area is 159 Å². The molecular weight excluding hydrogens is 348 g/mol. The summed E-state index contributed by atoms with van der Waals surface area (Å²) in [6.07, 6.45) is 0.442. The molecule has 1 heterocycles. The number of urea groups is 1. The molecule has 1 aliphatic heterocycles. The predicted octanol–water partition coefficient (Wildman–Crippen LogP) is 1.83. The molecule has 0 unspecified atom stereocenters. The molecule has 27 heavy (non-hydrogen) atoms. The SMILES string of the molecule is CCN(CC(=O)NN1C(=O)N[C@@](C)(CC)C1=O)[C@@H](C)c1cccc(OC)c1. The van der Waals surface area contributed by atoms with E-state index in [0.29, 0.717) is 13.0 Å². The van der Waals surface area contributed by atoms with Gasteiger partial charge in [-0.3, -0.25) is 19.9 Å². The van der Waals surface area contributed by atoms with Crippen LogP contribution in [0, 0.1) is 0 Å². The first kappa shape index (κ1) is 20.7. The number of carbonyl (C=O) groups excluding carboxylic acids is 3. The maximum Gasteiger partial charge on any atom is 0.344 e. The standard InChI is InChI=1S/C19H28N4O4/c1-6-19(4)17(25)23(18(26)20-19)21-16(24)12-22(7-2)13(3)14-9-8-10-15(11-14)27-5/h8-11,13H,6-7,12H2,1-5H3,(H,20,26)(H,21,24)/t13-,19-/m0/s1. The van der Waals surface area contributed by atoms with Crippen molar-refractivity contribution in [2.75, 3.05) is 20.2 Å². The third-order valence-electron chi connectivity index (χ3n) is 5.08. The molecular formula is C19H28N4O4. The monoisotopic (exact) mass is 376 g/mol. The van der Waals surface area contributed by atoms with Gasteiger partial charge in [0.1, 0.15) is 11.3 Å². The number of hydrazine groups is 1. The van der Waals surface area contributed by atoms with Gasteiger partial charge >= 0.3 is 6.03 Å². The van der Waals surface area contributed by atoms with Gasteiger partial charge < -0.3 is 10.1 Å². The molecule has 2 rings (SSSR count). The first-order valence-electron chi connectivity index (χ1n) is 9.09. The molecule has 8 heteroatoms. The molecule has 4 amide bonds. The van der Waals surface area contributed by atoms with Gasteiger partial charge in [-0.1, -0.05) is 26.0 Å². The number of likely N-dealkylation sites (N-methyl/N-ethyl adjacent to an activating group) is 1. The zero-order valence-electron chi connectivity index (χ0n) is 16.5. The molecule has 148 valence electrons. The second-order valence-corrected chi connectivity index (χ2v) is 6.81. The number of nitrogens with zero attached hydrogens (tertiary/aromatic N) is 2. The van der Waals surface area contributed by atoms with Gasteiger partial charge in [0, 0.05) is 6.04 Å². The number of methoxy groups -OCH3 is 1. The Morgan fingerprint density at radius 2 is 2.07 bits per heavy atom. The smallest absolute Gasteiger partial charge is 0.344 e. The Bertz CT molecular complexity index is 723. The van der Waals surface area contributed by atoms with Gasteiger partial charge in [-0.25, -0.2) is 4.79 Å². The minimum Gasteiger partial charge on any atom is -0.497 e. The molecule has 0 radical (unpaired) electrons. The van der Waals surface area contributed by atoms with Crippen LogP contribution in [0.1, 0.15) is 45.7 Å². The van der Waals surface area contributed by atoms with Crippen molar-refractivity contribution in [1.29, 1.82) is 0 Å². The highest BCUT2D eigenvalue weighted by molar-refractivity contribution is 6.07. The van der Waals surface area contributed by atoms with Gasteiger partial charge in [0.15, 0.2) is 0 Å². The van der Waals surface area contributed by atoms with E-state index >= 15 is 0 Å². The van der Waals surface area contributed by atoms with Gasteiger partial charge in [-0.05, 0) is 44.5 Å². The summed E-state index contributed by atoms with van der Waals surface area (Å²) >= 11 is 0. The molecule has 1 saturated heterocycles. The molecule has 0 aromatic heterocycles. The Balaban J connectivity index is 2.04. The highest BCUT2D eigenvalue weighted by Gasteiger charge is 2.47. The van der Waals surface area contributed by atoms with Gasteiger partial charge in [0.2, 0.25) is 0 Å². The van der Waals surface area contributed by atoms with Crippen molar-refractivity contribution >= 4 is 17.8 Å². The van der Waals surface area contributed by atoms with Crippen LogP contribution in [0.5, 0.6) is 5.75 Å². The van der Waals surface area contributed by atoms with Crippen LogP contribution in [0.25, 0.3) is 0 Å². The van der Waals surface area contributed by atoms with Crippen LogP contribution in [0.3, 0.4) is 0 Å². The van der Waals surface area contributed by atoms with Crippen LogP contribution in [0.15, 0.2) is 24.3 Å². The molecule has 0 bridgehead atoms. The number of amides is 4. The largest absolute Gasteiger partial charge is 0.497 e. The number of hydrogen-bond donors (Lipinski definition) is 2. The number of imide groups is 1. The zero-order chi connectivity index (χ0) is 20.2. The van der Waals surface area contributed by atoms with Crippen molar-refractivity contribution in [2.45, 2.75) is 45.7 Å². The fraction of sp³-hybridized carbons (Fsp3) is 0.526. The van der Waals surface area contributed by atoms with Crippen molar-refractivity contribution in [3.63, 3.8) is 0 Å². The summed E-state index contributed by atoms with van der Waals surface area (Å²) in [7, 11) is 1.61. The molecule has 2 atom stereocenters. The minimum absolute atomic E-state index is 0.0418. The number of ether oxygens (including phenoxy) is 1. The second-order valence-electron chi connectivity index (χ2n) is 6.81. The lowest BCUT2D eigenvalue weighted by Crippen LogP contribution is -2.51. The Kier molecular flexibility index (Phi) is 6.43. The maximum absolute atomic E-state index is 12.5. The van der Waals surface area contributed by atoms with E-state index in [-0.39, 0.29) is 12.6 Å². The summed E-state index contributed by atoms with van der Waals surface area (Å²) in [6, 6.07) is 7.01. The highest BCUT2D eigenvalue weighted by Crippen LogP contribution is 2.24. The Hall–Kier alpha value is -2.61. The van der Waals surface area contributed by atoms with E-state index in [1.165, 1.54) is 0 Å². The third-order valence-corrected chi connectivity index (χ3v) is 5.08. The van der Waals surface area contributed by atoms with E-state index in [9.17, 15) is 14.4 Å². The second kappa shape index (κ2) is 8.39. The van der Waals surface area contributed by atoms with Crippen molar-refractivity contribution < 1.29 is 19.1 Å². The lowest BCUT2D eigenvalue weighted by molar-refractivity contribution is -0.139. The molecule has 1 aromatic carbocycles. The molecule has 1 aliphatic rings. The molecule has 1 aromatic rings. The van der Waals surface area contributed by atoms with Gasteiger partial charge in [0.25, 0.3) is 11.8 Å². The van der Waals surface area contributed by atoms with Crippen LogP contribution in [-0.2, 0) is 9.59 Å². The van der Waals surface area contributed by atoms with Crippen molar-refractivity contribution in [1.82, 2.24) is 20.7 Å². The van der Waals surface area contributed by atoms with Gasteiger partial charge in [-0.15, -0.1) is 0 Å². The molecule has 0 spiro atoms. The zero-order valence-corrected chi connectivity index (χ0v) is 16.5. The van der Waals surface area contributed by atoms with E-state index < -0.39 is 23.4 Å². The average molecular weight is 376 g/mol. The maximum atomic E-state index is 12.5. The normalized spacial score (nSPS) is 20.6. The van der Waals surface area contributed by atoms with E-state index in [4.69, 9.17) is 4.74 Å². The van der Waals surface area contributed by atoms with Crippen molar-refractivity contribution in [3.8, 4) is 5.75 Å². The van der Waals surface area contributed by atoms with Crippen molar-refractivity contribution in [2.24, 2.45) is 0 Å². The van der Waals surface area contributed by atoms with Gasteiger partial charge in [-0.2, -0.15) is 5.01 Å². The summed E-state index contributed by atoms with van der Waals surface area (Å²) < 4.78 is 5.26. The number of carbonyl (C=O) groups is 3. The fourth-order valence-electron chi connectivity index (χ4n) is 3.00. The Morgan fingerprint density at radius 1 is 1.37 bits per heavy atom. The molecule has 2 N–H and O–H groups in total. The Morgan fingerprint density at radius 3 is 2.63 bits per heavy atom. The van der Waals surface area contributed by atoms with E-state index in [1.54, 1.807) is 21.0 Å². The van der Waals surface area contributed by atoms with Crippen LogP contribution >= 0.6 is 0 Å². The average Bonchev–Trinajstić information content (AvgIpc) is 2.89.